The number of aryl methyl sites for hydroxylation is 2. The molecule has 0 radical (unpaired) electrons. The Hall–Kier alpha value is -1.47. The topological polar surface area (TPSA) is 64.7 Å². The number of carbonyl (C=O) groups excluding carboxylic acids is 1. The zero-order chi connectivity index (χ0) is 14.9. The van der Waals surface area contributed by atoms with E-state index in [2.05, 4.69) is 15.4 Å². The molecular formula is C12H16ClN5OS. The van der Waals surface area contributed by atoms with Crippen molar-refractivity contribution in [2.75, 3.05) is 6.26 Å². The van der Waals surface area contributed by atoms with Crippen molar-refractivity contribution in [2.45, 2.75) is 18.6 Å². The van der Waals surface area contributed by atoms with Crippen LogP contribution in [0.3, 0.4) is 0 Å². The Labute approximate surface area is 126 Å². The minimum Gasteiger partial charge on any atom is -0.345 e. The van der Waals surface area contributed by atoms with E-state index >= 15 is 0 Å². The molecule has 2 heterocycles. The Kier molecular flexibility index (Phi) is 4.39. The molecule has 0 saturated carbocycles. The van der Waals surface area contributed by atoms with E-state index in [1.165, 1.54) is 4.68 Å². The van der Waals surface area contributed by atoms with Gasteiger partial charge in [0.1, 0.15) is 5.69 Å². The van der Waals surface area contributed by atoms with Gasteiger partial charge in [0.05, 0.1) is 29.2 Å². The fourth-order valence-corrected chi connectivity index (χ4v) is 2.71. The van der Waals surface area contributed by atoms with Gasteiger partial charge in [-0.05, 0) is 13.2 Å². The highest BCUT2D eigenvalue weighted by molar-refractivity contribution is 7.98. The van der Waals surface area contributed by atoms with Gasteiger partial charge in [-0.15, -0.1) is 0 Å². The molecule has 1 amide bonds. The lowest BCUT2D eigenvalue weighted by atomic mass is 10.3. The molecule has 2 aromatic heterocycles. The summed E-state index contributed by atoms with van der Waals surface area (Å²) in [6.45, 7) is 2.16. The summed E-state index contributed by atoms with van der Waals surface area (Å²) < 4.78 is 3.44. The molecule has 1 N–H and O–H groups in total. The number of rotatable bonds is 4. The minimum absolute atomic E-state index is 0.245. The number of amides is 1. The quantitative estimate of drug-likeness (QED) is 0.874. The SMILES string of the molecule is CSc1ncc(CNC(=O)c2c(Cl)c(C)nn2C)n1C. The van der Waals surface area contributed by atoms with Crippen LogP contribution in [0.15, 0.2) is 11.4 Å². The Morgan fingerprint density at radius 3 is 2.70 bits per heavy atom. The maximum absolute atomic E-state index is 12.2. The largest absolute Gasteiger partial charge is 0.345 e. The summed E-state index contributed by atoms with van der Waals surface area (Å²) in [5, 5.41) is 8.25. The van der Waals surface area contributed by atoms with E-state index < -0.39 is 0 Å². The number of imidazole rings is 1. The summed E-state index contributed by atoms with van der Waals surface area (Å²) in [6, 6.07) is 0. The molecule has 8 heteroatoms. The fourth-order valence-electron chi connectivity index (χ4n) is 1.91. The van der Waals surface area contributed by atoms with Crippen molar-refractivity contribution >= 4 is 29.3 Å². The lowest BCUT2D eigenvalue weighted by Crippen LogP contribution is -2.26. The first-order chi connectivity index (χ1) is 9.45. The summed E-state index contributed by atoms with van der Waals surface area (Å²) in [6.07, 6.45) is 3.71. The second-order valence-electron chi connectivity index (χ2n) is 4.35. The number of hydrogen-bond acceptors (Lipinski definition) is 4. The lowest BCUT2D eigenvalue weighted by Gasteiger charge is -2.07. The fraction of sp³-hybridized carbons (Fsp3) is 0.417. The van der Waals surface area contributed by atoms with Crippen molar-refractivity contribution in [3.8, 4) is 0 Å². The summed E-state index contributed by atoms with van der Waals surface area (Å²) in [5.74, 6) is -0.245. The van der Waals surface area contributed by atoms with Gasteiger partial charge >= 0.3 is 0 Å². The van der Waals surface area contributed by atoms with Crippen LogP contribution in [0.1, 0.15) is 21.9 Å². The van der Waals surface area contributed by atoms with Gasteiger partial charge in [0.2, 0.25) is 0 Å². The molecule has 0 aliphatic heterocycles. The molecule has 0 unspecified atom stereocenters. The molecule has 0 aliphatic carbocycles. The van der Waals surface area contributed by atoms with Crippen LogP contribution in [-0.2, 0) is 20.6 Å². The van der Waals surface area contributed by atoms with Crippen LogP contribution in [0, 0.1) is 6.92 Å². The van der Waals surface area contributed by atoms with Crippen LogP contribution >= 0.6 is 23.4 Å². The van der Waals surface area contributed by atoms with Gasteiger partial charge in [0, 0.05) is 14.1 Å². The second-order valence-corrected chi connectivity index (χ2v) is 5.50. The number of halogens is 1. The standard InChI is InChI=1S/C12H16ClN5OS/c1-7-9(13)10(18(3)16-7)11(19)14-5-8-6-15-12(20-4)17(8)2/h6H,5H2,1-4H3,(H,14,19). The maximum atomic E-state index is 12.2. The average molecular weight is 314 g/mol. The molecular weight excluding hydrogens is 298 g/mol. The third-order valence-corrected chi connectivity index (χ3v) is 4.22. The number of carbonyl (C=O) groups is 1. The first-order valence-corrected chi connectivity index (χ1v) is 7.57. The number of aromatic nitrogens is 4. The van der Waals surface area contributed by atoms with Crippen LogP contribution < -0.4 is 5.32 Å². The average Bonchev–Trinajstić information content (AvgIpc) is 2.88. The van der Waals surface area contributed by atoms with Crippen molar-refractivity contribution in [3.05, 3.63) is 28.3 Å². The lowest BCUT2D eigenvalue weighted by molar-refractivity contribution is 0.0941. The Morgan fingerprint density at radius 1 is 1.50 bits per heavy atom. The van der Waals surface area contributed by atoms with Gasteiger partial charge in [0.25, 0.3) is 5.91 Å². The molecule has 0 fully saturated rings. The van der Waals surface area contributed by atoms with Gasteiger partial charge < -0.3 is 9.88 Å². The van der Waals surface area contributed by atoms with E-state index in [4.69, 9.17) is 11.6 Å². The van der Waals surface area contributed by atoms with E-state index in [0.717, 1.165) is 10.9 Å². The summed E-state index contributed by atoms with van der Waals surface area (Å²) in [4.78, 5) is 16.4. The molecule has 20 heavy (non-hydrogen) atoms. The normalized spacial score (nSPS) is 10.8. The van der Waals surface area contributed by atoms with Crippen molar-refractivity contribution in [1.82, 2.24) is 24.6 Å². The molecule has 0 spiro atoms. The van der Waals surface area contributed by atoms with Crippen LogP contribution in [0.2, 0.25) is 5.02 Å². The molecule has 0 saturated heterocycles. The van der Waals surface area contributed by atoms with Gasteiger partial charge in [0.15, 0.2) is 5.16 Å². The smallest absolute Gasteiger partial charge is 0.271 e. The predicted molar refractivity (Wildman–Crippen MR) is 79.1 cm³/mol. The maximum Gasteiger partial charge on any atom is 0.271 e. The minimum atomic E-state index is -0.245. The molecule has 2 aromatic rings. The Morgan fingerprint density at radius 2 is 2.20 bits per heavy atom. The third-order valence-electron chi connectivity index (χ3n) is 3.02. The molecule has 0 aromatic carbocycles. The predicted octanol–water partition coefficient (Wildman–Crippen LogP) is 1.77. The summed E-state index contributed by atoms with van der Waals surface area (Å²) in [5.41, 5.74) is 1.94. The molecule has 6 nitrogen and oxygen atoms in total. The van der Waals surface area contributed by atoms with E-state index in [9.17, 15) is 4.79 Å². The van der Waals surface area contributed by atoms with Gasteiger partial charge in [-0.25, -0.2) is 4.98 Å². The van der Waals surface area contributed by atoms with E-state index in [0.29, 0.717) is 23.0 Å². The highest BCUT2D eigenvalue weighted by atomic mass is 35.5. The number of thioether (sulfide) groups is 1. The van der Waals surface area contributed by atoms with E-state index in [1.807, 2.05) is 17.9 Å². The zero-order valence-corrected chi connectivity index (χ0v) is 13.3. The van der Waals surface area contributed by atoms with Crippen LogP contribution in [-0.4, -0.2) is 31.5 Å². The molecule has 108 valence electrons. The van der Waals surface area contributed by atoms with Crippen molar-refractivity contribution in [3.63, 3.8) is 0 Å². The molecule has 0 aliphatic rings. The second kappa shape index (κ2) is 5.88. The van der Waals surface area contributed by atoms with E-state index in [-0.39, 0.29) is 5.91 Å². The highest BCUT2D eigenvalue weighted by Gasteiger charge is 2.18. The van der Waals surface area contributed by atoms with Crippen molar-refractivity contribution in [1.29, 1.82) is 0 Å². The number of hydrogen-bond donors (Lipinski definition) is 1. The van der Waals surface area contributed by atoms with Crippen LogP contribution in [0.5, 0.6) is 0 Å². The summed E-state index contributed by atoms with van der Waals surface area (Å²) >= 11 is 7.64. The Balaban J connectivity index is 2.10. The third kappa shape index (κ3) is 2.69. The first kappa shape index (κ1) is 14.9. The van der Waals surface area contributed by atoms with E-state index in [1.54, 1.807) is 31.9 Å². The number of nitrogens with zero attached hydrogens (tertiary/aromatic N) is 4. The molecule has 2 rings (SSSR count). The summed E-state index contributed by atoms with van der Waals surface area (Å²) in [7, 11) is 3.62. The molecule has 0 bridgehead atoms. The Bertz CT molecular complexity index is 649. The highest BCUT2D eigenvalue weighted by Crippen LogP contribution is 2.19. The van der Waals surface area contributed by atoms with Crippen LogP contribution in [0.4, 0.5) is 0 Å². The molecule has 0 atom stereocenters. The zero-order valence-electron chi connectivity index (χ0n) is 11.8. The number of nitrogens with one attached hydrogen (secondary N) is 1. The monoisotopic (exact) mass is 313 g/mol. The van der Waals surface area contributed by atoms with Gasteiger partial charge in [-0.1, -0.05) is 23.4 Å². The van der Waals surface area contributed by atoms with Crippen molar-refractivity contribution in [2.24, 2.45) is 14.1 Å². The van der Waals surface area contributed by atoms with Gasteiger partial charge in [-0.2, -0.15) is 5.10 Å². The van der Waals surface area contributed by atoms with Crippen LogP contribution in [0.25, 0.3) is 0 Å². The van der Waals surface area contributed by atoms with Gasteiger partial charge in [-0.3, -0.25) is 9.48 Å². The van der Waals surface area contributed by atoms with Crippen molar-refractivity contribution < 1.29 is 4.79 Å². The first-order valence-electron chi connectivity index (χ1n) is 5.97.